The number of phenols is 1. The molecule has 0 aliphatic rings. The van der Waals surface area contributed by atoms with Gasteiger partial charge in [0.05, 0.1) is 7.11 Å². The summed E-state index contributed by atoms with van der Waals surface area (Å²) in [7, 11) is 1.59. The fraction of sp³-hybridized carbons (Fsp3) is 0.158. The topological polar surface area (TPSA) is 81.3 Å². The number of ether oxygens (including phenoxy) is 1. The number of rotatable bonds is 4. The number of nitrogen functional groups attached to an aromatic ring is 1. The van der Waals surface area contributed by atoms with Crippen LogP contribution in [0.2, 0.25) is 0 Å². The highest BCUT2D eigenvalue weighted by molar-refractivity contribution is 5.84. The highest BCUT2D eigenvalue weighted by Crippen LogP contribution is 2.36. The van der Waals surface area contributed by atoms with E-state index in [1.807, 2.05) is 24.3 Å². The normalized spacial score (nSPS) is 10.6. The number of anilines is 1. The highest BCUT2D eigenvalue weighted by atomic mass is 16.5. The lowest BCUT2D eigenvalue weighted by Gasteiger charge is -2.16. The predicted octanol–water partition coefficient (Wildman–Crippen LogP) is 3.67. The van der Waals surface area contributed by atoms with E-state index in [1.165, 1.54) is 0 Å². The van der Waals surface area contributed by atoms with E-state index in [-0.39, 0.29) is 5.75 Å². The minimum absolute atomic E-state index is 0.221. The van der Waals surface area contributed by atoms with Crippen LogP contribution in [0.1, 0.15) is 12.5 Å². The van der Waals surface area contributed by atoms with E-state index in [4.69, 9.17) is 10.5 Å². The number of hydrogen-bond acceptors (Lipinski definition) is 5. The number of nitrogens with zero attached hydrogens (tertiary/aromatic N) is 2. The van der Waals surface area contributed by atoms with E-state index < -0.39 is 0 Å². The molecule has 0 unspecified atom stereocenters. The second-order valence-electron chi connectivity index (χ2n) is 5.40. The summed E-state index contributed by atoms with van der Waals surface area (Å²) in [6.07, 6.45) is 4.34. The number of pyridine rings is 2. The van der Waals surface area contributed by atoms with Crippen LogP contribution in [0.25, 0.3) is 22.3 Å². The van der Waals surface area contributed by atoms with Crippen molar-refractivity contribution in [3.05, 3.63) is 54.4 Å². The molecule has 0 radical (unpaired) electrons. The molecule has 24 heavy (non-hydrogen) atoms. The Morgan fingerprint density at radius 2 is 1.71 bits per heavy atom. The van der Waals surface area contributed by atoms with E-state index in [2.05, 4.69) is 16.9 Å². The average Bonchev–Trinajstić information content (AvgIpc) is 2.62. The zero-order valence-electron chi connectivity index (χ0n) is 13.7. The van der Waals surface area contributed by atoms with Crippen LogP contribution in [0.15, 0.2) is 48.8 Å². The van der Waals surface area contributed by atoms with Crippen LogP contribution in [0, 0.1) is 0 Å². The van der Waals surface area contributed by atoms with Gasteiger partial charge in [0, 0.05) is 35.2 Å². The Labute approximate surface area is 140 Å². The molecule has 3 N–H and O–H groups in total. The molecule has 0 bridgehead atoms. The summed E-state index contributed by atoms with van der Waals surface area (Å²) in [5.74, 6) is 1.26. The first-order valence-electron chi connectivity index (χ1n) is 7.71. The van der Waals surface area contributed by atoms with E-state index in [0.717, 1.165) is 34.2 Å². The van der Waals surface area contributed by atoms with E-state index >= 15 is 0 Å². The van der Waals surface area contributed by atoms with Crippen LogP contribution < -0.4 is 10.5 Å². The number of methoxy groups -OCH3 is 1. The fourth-order valence-electron chi connectivity index (χ4n) is 2.79. The Morgan fingerprint density at radius 3 is 2.29 bits per heavy atom. The predicted molar refractivity (Wildman–Crippen MR) is 94.9 cm³/mol. The van der Waals surface area contributed by atoms with Gasteiger partial charge in [-0.2, -0.15) is 0 Å². The first-order chi connectivity index (χ1) is 11.6. The lowest BCUT2D eigenvalue weighted by atomic mass is 9.92. The van der Waals surface area contributed by atoms with Crippen molar-refractivity contribution in [3.8, 4) is 33.9 Å². The molecule has 0 aliphatic heterocycles. The summed E-state index contributed by atoms with van der Waals surface area (Å²) in [4.78, 5) is 8.63. The SMILES string of the molecule is CCc1c(-c2ccc(OC)nc2)cnc(N)c1-c1ccc(O)cc1. The molecule has 5 heteroatoms. The summed E-state index contributed by atoms with van der Waals surface area (Å²) in [6.45, 7) is 2.08. The van der Waals surface area contributed by atoms with Crippen molar-refractivity contribution in [1.29, 1.82) is 0 Å². The van der Waals surface area contributed by atoms with Gasteiger partial charge in [-0.15, -0.1) is 0 Å². The number of aromatic hydroxyl groups is 1. The number of benzene rings is 1. The van der Waals surface area contributed by atoms with E-state index in [9.17, 15) is 5.11 Å². The van der Waals surface area contributed by atoms with Gasteiger partial charge in [0.15, 0.2) is 0 Å². The minimum Gasteiger partial charge on any atom is -0.508 e. The summed E-state index contributed by atoms with van der Waals surface area (Å²) < 4.78 is 5.11. The van der Waals surface area contributed by atoms with Crippen molar-refractivity contribution in [1.82, 2.24) is 9.97 Å². The highest BCUT2D eigenvalue weighted by Gasteiger charge is 2.15. The van der Waals surface area contributed by atoms with Crippen molar-refractivity contribution in [2.24, 2.45) is 0 Å². The summed E-state index contributed by atoms with van der Waals surface area (Å²) in [6, 6.07) is 10.8. The van der Waals surface area contributed by atoms with E-state index in [1.54, 1.807) is 31.6 Å². The first-order valence-corrected chi connectivity index (χ1v) is 7.71. The lowest BCUT2D eigenvalue weighted by molar-refractivity contribution is 0.398. The molecule has 0 saturated carbocycles. The maximum atomic E-state index is 9.51. The van der Waals surface area contributed by atoms with Crippen molar-refractivity contribution >= 4 is 5.82 Å². The molecule has 2 heterocycles. The Kier molecular flexibility index (Phi) is 4.33. The number of nitrogens with two attached hydrogens (primary N) is 1. The van der Waals surface area contributed by atoms with Crippen LogP contribution in [-0.4, -0.2) is 22.2 Å². The number of phenolic OH excluding ortho intramolecular Hbond substituents is 1. The third-order valence-corrected chi connectivity index (χ3v) is 3.98. The van der Waals surface area contributed by atoms with Crippen LogP contribution in [0.3, 0.4) is 0 Å². The van der Waals surface area contributed by atoms with Gasteiger partial charge >= 0.3 is 0 Å². The van der Waals surface area contributed by atoms with Crippen molar-refractivity contribution in [3.63, 3.8) is 0 Å². The molecular weight excluding hydrogens is 302 g/mol. The molecule has 3 aromatic rings. The Bertz CT molecular complexity index is 844. The molecule has 3 rings (SSSR count). The number of aromatic nitrogens is 2. The Balaban J connectivity index is 2.17. The van der Waals surface area contributed by atoms with Crippen molar-refractivity contribution in [2.75, 3.05) is 12.8 Å². The van der Waals surface area contributed by atoms with Gasteiger partial charge in [0.1, 0.15) is 11.6 Å². The zero-order valence-corrected chi connectivity index (χ0v) is 13.7. The van der Waals surface area contributed by atoms with Crippen molar-refractivity contribution < 1.29 is 9.84 Å². The summed E-state index contributed by atoms with van der Waals surface area (Å²) >= 11 is 0. The van der Waals surface area contributed by atoms with Crippen LogP contribution >= 0.6 is 0 Å². The molecule has 5 nitrogen and oxygen atoms in total. The molecule has 122 valence electrons. The molecular formula is C19H19N3O2. The molecule has 0 atom stereocenters. The van der Waals surface area contributed by atoms with Gasteiger partial charge < -0.3 is 15.6 Å². The van der Waals surface area contributed by atoms with E-state index in [0.29, 0.717) is 11.7 Å². The van der Waals surface area contributed by atoms with Gasteiger partial charge in [-0.1, -0.05) is 19.1 Å². The van der Waals surface area contributed by atoms with Crippen LogP contribution in [0.5, 0.6) is 11.6 Å². The smallest absolute Gasteiger partial charge is 0.212 e. The Hall–Kier alpha value is -3.08. The van der Waals surface area contributed by atoms with Crippen molar-refractivity contribution in [2.45, 2.75) is 13.3 Å². The maximum absolute atomic E-state index is 9.51. The third kappa shape index (κ3) is 2.88. The first kappa shape index (κ1) is 15.8. The minimum atomic E-state index is 0.221. The molecule has 1 aromatic carbocycles. The van der Waals surface area contributed by atoms with Gasteiger partial charge in [-0.3, -0.25) is 0 Å². The molecule has 2 aromatic heterocycles. The van der Waals surface area contributed by atoms with Gasteiger partial charge in [0.25, 0.3) is 0 Å². The lowest BCUT2D eigenvalue weighted by Crippen LogP contribution is -2.01. The second-order valence-corrected chi connectivity index (χ2v) is 5.40. The van der Waals surface area contributed by atoms with Crippen LogP contribution in [-0.2, 0) is 6.42 Å². The summed E-state index contributed by atoms with van der Waals surface area (Å²) in [5.41, 5.74) is 11.0. The molecule has 0 spiro atoms. The second kappa shape index (κ2) is 6.58. The van der Waals surface area contributed by atoms with Gasteiger partial charge in [0.2, 0.25) is 5.88 Å². The molecule has 0 aliphatic carbocycles. The molecule has 0 amide bonds. The maximum Gasteiger partial charge on any atom is 0.212 e. The zero-order chi connectivity index (χ0) is 17.1. The number of hydrogen-bond donors (Lipinski definition) is 2. The molecule has 0 saturated heterocycles. The van der Waals surface area contributed by atoms with Gasteiger partial charge in [-0.05, 0) is 35.7 Å². The third-order valence-electron chi connectivity index (χ3n) is 3.98. The quantitative estimate of drug-likeness (QED) is 0.766. The summed E-state index contributed by atoms with van der Waals surface area (Å²) in [5, 5.41) is 9.51. The fourth-order valence-corrected chi connectivity index (χ4v) is 2.79. The molecule has 0 fully saturated rings. The average molecular weight is 321 g/mol. The van der Waals surface area contributed by atoms with Crippen LogP contribution in [0.4, 0.5) is 5.82 Å². The monoisotopic (exact) mass is 321 g/mol. The standard InChI is InChI=1S/C19H19N3O2/c1-3-15-16(13-6-9-17(24-2)21-10-13)11-22-19(20)18(15)12-4-7-14(23)8-5-12/h4-11,23H,3H2,1-2H3,(H2,20,22). The Morgan fingerprint density at radius 1 is 1.00 bits per heavy atom. The van der Waals surface area contributed by atoms with Gasteiger partial charge in [-0.25, -0.2) is 9.97 Å². The largest absolute Gasteiger partial charge is 0.508 e.